The van der Waals surface area contributed by atoms with Gasteiger partial charge in [0.2, 0.25) is 0 Å². The van der Waals surface area contributed by atoms with Crippen molar-refractivity contribution in [3.05, 3.63) is 66.4 Å². The van der Waals surface area contributed by atoms with Gasteiger partial charge in [-0.3, -0.25) is 4.57 Å². The van der Waals surface area contributed by atoms with E-state index in [-0.39, 0.29) is 0 Å². The molecule has 0 unspecified atom stereocenters. The molecule has 0 aliphatic rings. The lowest BCUT2D eigenvalue weighted by molar-refractivity contribution is 0.469. The topological polar surface area (TPSA) is 63.0 Å². The van der Waals surface area contributed by atoms with Gasteiger partial charge in [0.05, 0.1) is 11.9 Å². The van der Waals surface area contributed by atoms with Gasteiger partial charge in [0.25, 0.3) is 0 Å². The summed E-state index contributed by atoms with van der Waals surface area (Å²) in [6.45, 7) is 2.49. The number of rotatable bonds is 4. The Morgan fingerprint density at radius 3 is 2.67 bits per heavy atom. The van der Waals surface area contributed by atoms with Gasteiger partial charge in [-0.25, -0.2) is 9.97 Å². The average molecular weight is 280 g/mol. The summed E-state index contributed by atoms with van der Waals surface area (Å²) in [5.41, 5.74) is 1.76. The molecule has 5 heteroatoms. The molecular formula is C16H16N4O. The number of imidazole rings is 1. The van der Waals surface area contributed by atoms with E-state index in [1.807, 2.05) is 48.0 Å². The fourth-order valence-electron chi connectivity index (χ4n) is 2.11. The lowest BCUT2D eigenvalue weighted by atomic mass is 10.2. The third kappa shape index (κ3) is 2.86. The van der Waals surface area contributed by atoms with Gasteiger partial charge in [-0.05, 0) is 25.1 Å². The minimum atomic E-state index is 0.295. The molecule has 0 bridgehead atoms. The summed E-state index contributed by atoms with van der Waals surface area (Å²) in [6.07, 6.45) is 5.41. The van der Waals surface area contributed by atoms with Crippen molar-refractivity contribution >= 4 is 5.69 Å². The number of nitrogens with one attached hydrogen (secondary N) is 1. The molecule has 0 aliphatic heterocycles. The molecule has 106 valence electrons. The molecule has 2 aromatic heterocycles. The van der Waals surface area contributed by atoms with E-state index < -0.39 is 0 Å². The number of nitrogens with zero attached hydrogens (tertiary/aromatic N) is 3. The van der Waals surface area contributed by atoms with Gasteiger partial charge >= 0.3 is 0 Å². The Balaban J connectivity index is 1.71. The van der Waals surface area contributed by atoms with Gasteiger partial charge in [-0.2, -0.15) is 0 Å². The molecule has 5 nitrogen and oxygen atoms in total. The summed E-state index contributed by atoms with van der Waals surface area (Å²) < 4.78 is 1.92. The summed E-state index contributed by atoms with van der Waals surface area (Å²) in [6, 6.07) is 11.2. The van der Waals surface area contributed by atoms with E-state index in [4.69, 9.17) is 0 Å². The Kier molecular flexibility index (Phi) is 3.55. The predicted molar refractivity (Wildman–Crippen MR) is 81.5 cm³/mol. The maximum absolute atomic E-state index is 9.72. The van der Waals surface area contributed by atoms with Crippen molar-refractivity contribution in [1.82, 2.24) is 14.5 Å². The van der Waals surface area contributed by atoms with Gasteiger partial charge in [0.1, 0.15) is 17.4 Å². The number of benzene rings is 1. The molecule has 0 atom stereocenters. The van der Waals surface area contributed by atoms with Crippen LogP contribution in [0.2, 0.25) is 0 Å². The second-order valence-corrected chi connectivity index (χ2v) is 4.73. The number of para-hydroxylation sites is 1. The van der Waals surface area contributed by atoms with Crippen LogP contribution in [0.5, 0.6) is 5.75 Å². The van der Waals surface area contributed by atoms with E-state index in [9.17, 15) is 5.11 Å². The van der Waals surface area contributed by atoms with Gasteiger partial charge in [0.15, 0.2) is 0 Å². The Labute approximate surface area is 122 Å². The third-order valence-corrected chi connectivity index (χ3v) is 3.30. The number of pyridine rings is 1. The molecule has 3 rings (SSSR count). The second-order valence-electron chi connectivity index (χ2n) is 4.73. The molecule has 21 heavy (non-hydrogen) atoms. The van der Waals surface area contributed by atoms with Crippen molar-refractivity contribution in [2.45, 2.75) is 13.5 Å². The first-order valence-corrected chi connectivity index (χ1v) is 6.71. The highest BCUT2D eigenvalue weighted by molar-refractivity contribution is 5.45. The zero-order valence-corrected chi connectivity index (χ0v) is 11.7. The smallest absolute Gasteiger partial charge is 0.138 e. The average Bonchev–Trinajstić information content (AvgIpc) is 2.93. The minimum absolute atomic E-state index is 0.295. The number of phenols is 1. The van der Waals surface area contributed by atoms with Crippen molar-refractivity contribution < 1.29 is 5.11 Å². The van der Waals surface area contributed by atoms with Crippen molar-refractivity contribution in [3.63, 3.8) is 0 Å². The molecule has 1 aromatic carbocycles. The highest BCUT2D eigenvalue weighted by atomic mass is 16.3. The van der Waals surface area contributed by atoms with Crippen LogP contribution in [0.25, 0.3) is 5.82 Å². The normalized spacial score (nSPS) is 10.5. The molecule has 2 heterocycles. The number of hydrogen-bond donors (Lipinski definition) is 2. The van der Waals surface area contributed by atoms with Gasteiger partial charge in [-0.1, -0.05) is 18.2 Å². The van der Waals surface area contributed by atoms with E-state index in [1.54, 1.807) is 18.5 Å². The summed E-state index contributed by atoms with van der Waals surface area (Å²) >= 11 is 0. The lowest BCUT2D eigenvalue weighted by Crippen LogP contribution is -2.02. The van der Waals surface area contributed by atoms with Gasteiger partial charge in [0, 0.05) is 24.5 Å². The van der Waals surface area contributed by atoms with Crippen LogP contribution in [0.4, 0.5) is 5.69 Å². The quantitative estimate of drug-likeness (QED) is 0.771. The fraction of sp³-hybridized carbons (Fsp3) is 0.125. The number of hydrogen-bond acceptors (Lipinski definition) is 4. The highest BCUT2D eigenvalue weighted by Gasteiger charge is 2.03. The SMILES string of the molecule is Cc1nccn1-c1ccc(NCc2ccccc2O)cn1. The number of anilines is 1. The number of phenolic OH excluding ortho intramolecular Hbond substituents is 1. The highest BCUT2D eigenvalue weighted by Crippen LogP contribution is 2.18. The Morgan fingerprint density at radius 1 is 1.14 bits per heavy atom. The maximum atomic E-state index is 9.72. The number of aromatic hydroxyl groups is 1. The molecule has 0 amide bonds. The maximum Gasteiger partial charge on any atom is 0.138 e. The Morgan fingerprint density at radius 2 is 2.00 bits per heavy atom. The minimum Gasteiger partial charge on any atom is -0.508 e. The van der Waals surface area contributed by atoms with Crippen LogP contribution in [0.3, 0.4) is 0 Å². The molecule has 3 aromatic rings. The standard InChI is InChI=1S/C16H16N4O/c1-12-17-8-9-20(12)16-7-6-14(11-19-16)18-10-13-4-2-3-5-15(13)21/h2-9,11,18,21H,10H2,1H3. The largest absolute Gasteiger partial charge is 0.508 e. The molecule has 2 N–H and O–H groups in total. The lowest BCUT2D eigenvalue weighted by Gasteiger charge is -2.09. The zero-order chi connectivity index (χ0) is 14.7. The van der Waals surface area contributed by atoms with Crippen molar-refractivity contribution in [2.24, 2.45) is 0 Å². The molecule has 0 saturated heterocycles. The van der Waals surface area contributed by atoms with Crippen molar-refractivity contribution in [2.75, 3.05) is 5.32 Å². The van der Waals surface area contributed by atoms with E-state index in [2.05, 4.69) is 15.3 Å². The second kappa shape index (κ2) is 5.66. The van der Waals surface area contributed by atoms with Gasteiger partial charge in [-0.15, -0.1) is 0 Å². The summed E-state index contributed by atoms with van der Waals surface area (Å²) in [7, 11) is 0. The van der Waals surface area contributed by atoms with Crippen LogP contribution in [0.1, 0.15) is 11.4 Å². The van der Waals surface area contributed by atoms with Crippen LogP contribution in [0, 0.1) is 6.92 Å². The Hall–Kier alpha value is -2.82. The van der Waals surface area contributed by atoms with Crippen LogP contribution >= 0.6 is 0 Å². The van der Waals surface area contributed by atoms with Gasteiger partial charge < -0.3 is 10.4 Å². The third-order valence-electron chi connectivity index (χ3n) is 3.30. The molecular weight excluding hydrogens is 264 g/mol. The number of aryl methyl sites for hydroxylation is 1. The molecule has 0 saturated carbocycles. The van der Waals surface area contributed by atoms with E-state index in [0.29, 0.717) is 12.3 Å². The zero-order valence-electron chi connectivity index (χ0n) is 11.7. The predicted octanol–water partition coefficient (Wildman–Crippen LogP) is 2.89. The first-order chi connectivity index (χ1) is 10.2. The van der Waals surface area contributed by atoms with Crippen LogP contribution in [0.15, 0.2) is 55.0 Å². The molecule has 0 radical (unpaired) electrons. The fourth-order valence-corrected chi connectivity index (χ4v) is 2.11. The van der Waals surface area contributed by atoms with Crippen LogP contribution in [-0.2, 0) is 6.54 Å². The van der Waals surface area contributed by atoms with E-state index in [1.165, 1.54) is 0 Å². The summed E-state index contributed by atoms with van der Waals surface area (Å²) in [5.74, 6) is 2.03. The van der Waals surface area contributed by atoms with Crippen LogP contribution < -0.4 is 5.32 Å². The number of aromatic nitrogens is 3. The molecule has 0 fully saturated rings. The first kappa shape index (κ1) is 13.2. The first-order valence-electron chi connectivity index (χ1n) is 6.71. The Bertz CT molecular complexity index is 734. The summed E-state index contributed by atoms with van der Waals surface area (Å²) in [5, 5.41) is 13.0. The van der Waals surface area contributed by atoms with E-state index in [0.717, 1.165) is 22.9 Å². The monoisotopic (exact) mass is 280 g/mol. The van der Waals surface area contributed by atoms with Crippen molar-refractivity contribution in [3.8, 4) is 11.6 Å². The van der Waals surface area contributed by atoms with E-state index >= 15 is 0 Å². The van der Waals surface area contributed by atoms with Crippen LogP contribution in [-0.4, -0.2) is 19.6 Å². The molecule has 0 aliphatic carbocycles. The van der Waals surface area contributed by atoms with Crippen molar-refractivity contribution in [1.29, 1.82) is 0 Å². The molecule has 0 spiro atoms. The summed E-state index contributed by atoms with van der Waals surface area (Å²) in [4.78, 5) is 8.60.